The summed E-state index contributed by atoms with van der Waals surface area (Å²) in [5.41, 5.74) is -1.81. The molecule has 8 nitrogen and oxygen atoms in total. The summed E-state index contributed by atoms with van der Waals surface area (Å²) < 4.78 is 11.8. The van der Waals surface area contributed by atoms with Crippen molar-refractivity contribution in [1.29, 1.82) is 0 Å². The van der Waals surface area contributed by atoms with Crippen LogP contribution in [0.1, 0.15) is 54.4 Å². The van der Waals surface area contributed by atoms with E-state index >= 15 is 0 Å². The van der Waals surface area contributed by atoms with Gasteiger partial charge in [0, 0.05) is 16.9 Å². The smallest absolute Gasteiger partial charge is 0.312 e. The first kappa shape index (κ1) is 28.9. The summed E-state index contributed by atoms with van der Waals surface area (Å²) in [6, 6.07) is -1.62. The second-order valence-corrected chi connectivity index (χ2v) is 13.3. The van der Waals surface area contributed by atoms with Gasteiger partial charge in [-0.2, -0.15) is 0 Å². The van der Waals surface area contributed by atoms with Crippen LogP contribution < -0.4 is 0 Å². The van der Waals surface area contributed by atoms with Gasteiger partial charge in [0.25, 0.3) is 0 Å². The predicted molar refractivity (Wildman–Crippen MR) is 140 cm³/mol. The van der Waals surface area contributed by atoms with Crippen LogP contribution in [0.5, 0.6) is 0 Å². The van der Waals surface area contributed by atoms with Gasteiger partial charge in [-0.3, -0.25) is 14.4 Å². The molecule has 0 aliphatic carbocycles. The zero-order valence-corrected chi connectivity index (χ0v) is 23.9. The van der Waals surface area contributed by atoms with Crippen LogP contribution in [0.25, 0.3) is 0 Å². The Balaban J connectivity index is 2.11. The topological polar surface area (TPSA) is 96.4 Å². The van der Waals surface area contributed by atoms with Crippen LogP contribution in [-0.4, -0.2) is 86.6 Å². The van der Waals surface area contributed by atoms with Crippen molar-refractivity contribution in [1.82, 2.24) is 9.80 Å². The number of nitrogens with zero attached hydrogens (tertiary/aromatic N) is 2. The molecule has 3 aliphatic rings. The zero-order chi connectivity index (χ0) is 27.2. The van der Waals surface area contributed by atoms with E-state index in [9.17, 15) is 19.5 Å². The fourth-order valence-corrected chi connectivity index (χ4v) is 7.66. The van der Waals surface area contributed by atoms with Gasteiger partial charge in [-0.1, -0.05) is 55.4 Å². The molecule has 0 aromatic heterocycles. The molecule has 0 aromatic carbocycles. The Hall–Kier alpha value is -1.71. The lowest BCUT2D eigenvalue weighted by Crippen LogP contribution is -2.62. The van der Waals surface area contributed by atoms with E-state index in [-0.39, 0.29) is 35.3 Å². The van der Waals surface area contributed by atoms with Crippen LogP contribution in [0.2, 0.25) is 0 Å². The van der Waals surface area contributed by atoms with Gasteiger partial charge >= 0.3 is 5.97 Å². The lowest BCUT2D eigenvalue weighted by molar-refractivity contribution is -0.157. The van der Waals surface area contributed by atoms with Crippen LogP contribution >= 0.6 is 15.9 Å². The fraction of sp³-hybridized carbons (Fsp3) is 0.741. The van der Waals surface area contributed by atoms with Crippen molar-refractivity contribution in [2.45, 2.75) is 88.5 Å². The van der Waals surface area contributed by atoms with Crippen molar-refractivity contribution in [3.63, 3.8) is 0 Å². The van der Waals surface area contributed by atoms with Crippen molar-refractivity contribution >= 4 is 33.7 Å². The summed E-state index contributed by atoms with van der Waals surface area (Å²) in [5.74, 6) is -2.87. The lowest BCUT2D eigenvalue weighted by Gasteiger charge is -2.46. The number of aliphatic hydroxyl groups excluding tert-OH is 1. The van der Waals surface area contributed by atoms with Crippen LogP contribution in [0.3, 0.4) is 0 Å². The third kappa shape index (κ3) is 4.78. The highest BCUT2D eigenvalue weighted by Crippen LogP contribution is 2.60. The molecule has 1 N–H and O–H groups in total. The van der Waals surface area contributed by atoms with Gasteiger partial charge in [0.1, 0.15) is 18.2 Å². The Morgan fingerprint density at radius 2 is 1.94 bits per heavy atom. The Morgan fingerprint density at radius 1 is 1.31 bits per heavy atom. The molecule has 2 amide bonds. The van der Waals surface area contributed by atoms with Crippen LogP contribution in [0.4, 0.5) is 0 Å². The molecule has 9 heteroatoms. The number of fused-ring (bicyclic) bond motifs is 1. The molecule has 3 saturated heterocycles. The minimum Gasteiger partial charge on any atom is -0.461 e. The fourth-order valence-electron chi connectivity index (χ4n) is 6.72. The Morgan fingerprint density at radius 3 is 2.47 bits per heavy atom. The first-order valence-electron chi connectivity index (χ1n) is 12.6. The van der Waals surface area contributed by atoms with Gasteiger partial charge in [-0.05, 0) is 39.0 Å². The van der Waals surface area contributed by atoms with Crippen molar-refractivity contribution in [3.8, 4) is 0 Å². The van der Waals surface area contributed by atoms with E-state index in [0.29, 0.717) is 19.4 Å². The van der Waals surface area contributed by atoms with Gasteiger partial charge in [-0.25, -0.2) is 0 Å². The third-order valence-electron chi connectivity index (χ3n) is 7.59. The number of halogens is 1. The molecule has 3 aliphatic heterocycles. The highest BCUT2D eigenvalue weighted by molar-refractivity contribution is 9.09. The van der Waals surface area contributed by atoms with Crippen LogP contribution in [0.15, 0.2) is 25.3 Å². The summed E-state index contributed by atoms with van der Waals surface area (Å²) >= 11 is 3.65. The molecule has 7 atom stereocenters. The SMILES string of the molecule is C=CCOC(=O)[C@H]1[C@@H]2OC3(CC2Br)C(C(=O)N(CC=C)C(C)(C)CC(C)(C)C)N([C@H](C)CO)C(=O)[C@H]13. The highest BCUT2D eigenvalue weighted by atomic mass is 79.9. The van der Waals surface area contributed by atoms with E-state index in [4.69, 9.17) is 9.47 Å². The van der Waals surface area contributed by atoms with Gasteiger partial charge in [0.15, 0.2) is 0 Å². The minimum atomic E-state index is -1.20. The van der Waals surface area contributed by atoms with Crippen LogP contribution in [0, 0.1) is 17.3 Å². The second kappa shape index (κ2) is 10.2. The molecule has 2 bridgehead atoms. The van der Waals surface area contributed by atoms with E-state index in [1.54, 1.807) is 17.9 Å². The Kier molecular flexibility index (Phi) is 8.19. The average Bonchev–Trinajstić information content (AvgIpc) is 3.36. The molecule has 3 heterocycles. The largest absolute Gasteiger partial charge is 0.461 e. The predicted octanol–water partition coefficient (Wildman–Crippen LogP) is 3.07. The summed E-state index contributed by atoms with van der Waals surface area (Å²) in [6.07, 6.45) is 3.68. The first-order chi connectivity index (χ1) is 16.7. The summed E-state index contributed by atoms with van der Waals surface area (Å²) in [6.45, 7) is 19.6. The summed E-state index contributed by atoms with van der Waals surface area (Å²) in [4.78, 5) is 44.5. The molecule has 3 fully saturated rings. The zero-order valence-electron chi connectivity index (χ0n) is 22.3. The molecule has 3 unspecified atom stereocenters. The molecule has 0 aromatic rings. The molecular weight excluding hydrogens is 528 g/mol. The maximum absolute atomic E-state index is 14.5. The van der Waals surface area contributed by atoms with E-state index in [0.717, 1.165) is 0 Å². The minimum absolute atomic E-state index is 0.0239. The van der Waals surface area contributed by atoms with Gasteiger partial charge < -0.3 is 24.4 Å². The molecule has 202 valence electrons. The lowest BCUT2D eigenvalue weighted by atomic mass is 9.70. The van der Waals surface area contributed by atoms with Crippen molar-refractivity contribution < 1.29 is 29.0 Å². The number of rotatable bonds is 10. The van der Waals surface area contributed by atoms with Crippen molar-refractivity contribution in [3.05, 3.63) is 25.3 Å². The number of aliphatic hydroxyl groups is 1. The maximum Gasteiger partial charge on any atom is 0.312 e. The van der Waals surface area contributed by atoms with E-state index < -0.39 is 47.1 Å². The highest BCUT2D eigenvalue weighted by Gasteiger charge is 2.77. The Bertz CT molecular complexity index is 914. The molecule has 0 saturated carbocycles. The molecule has 1 spiro atoms. The number of hydrogen-bond donors (Lipinski definition) is 1. The number of carbonyl (C=O) groups excluding carboxylic acids is 3. The normalized spacial score (nSPS) is 32.3. The summed E-state index contributed by atoms with van der Waals surface area (Å²) in [7, 11) is 0. The second-order valence-electron chi connectivity index (χ2n) is 12.1. The average molecular weight is 570 g/mol. The molecular formula is C27H41BrN2O6. The molecule has 3 rings (SSSR count). The number of alkyl halides is 1. The third-order valence-corrected chi connectivity index (χ3v) is 8.43. The Labute approximate surface area is 223 Å². The number of ether oxygens (including phenoxy) is 2. The monoisotopic (exact) mass is 568 g/mol. The van der Waals surface area contributed by atoms with E-state index in [1.165, 1.54) is 11.0 Å². The molecule has 0 radical (unpaired) electrons. The van der Waals surface area contributed by atoms with Gasteiger partial charge in [-0.15, -0.1) is 6.58 Å². The number of carbonyl (C=O) groups is 3. The number of esters is 1. The number of likely N-dealkylation sites (tertiary alicyclic amines) is 1. The van der Waals surface area contributed by atoms with Crippen molar-refractivity contribution in [2.24, 2.45) is 17.3 Å². The van der Waals surface area contributed by atoms with E-state index in [2.05, 4.69) is 49.9 Å². The number of hydrogen-bond acceptors (Lipinski definition) is 6. The van der Waals surface area contributed by atoms with Crippen LogP contribution in [-0.2, 0) is 23.9 Å². The standard InChI is InChI=1S/C27H41BrN2O6/c1-9-11-29(26(7,8)15-25(4,5)6)23(33)21-27-13-17(28)20(36-27)18(24(34)35-12-10-2)19(27)22(32)30(21)16(3)14-31/h9-10,16-21,31H,1-2,11-15H2,3-8H3/t16-,17?,18-,19+,20-,21?,27?/m1/s1. The number of amides is 2. The van der Waals surface area contributed by atoms with Crippen molar-refractivity contribution in [2.75, 3.05) is 19.8 Å². The summed E-state index contributed by atoms with van der Waals surface area (Å²) in [5, 5.41) is 10.1. The maximum atomic E-state index is 14.5. The van der Waals surface area contributed by atoms with E-state index in [1.807, 2.05) is 13.8 Å². The first-order valence-corrected chi connectivity index (χ1v) is 13.5. The quantitative estimate of drug-likeness (QED) is 0.247. The van der Waals surface area contributed by atoms with Gasteiger partial charge in [0.05, 0.1) is 30.6 Å². The molecule has 36 heavy (non-hydrogen) atoms. The van der Waals surface area contributed by atoms with Gasteiger partial charge in [0.2, 0.25) is 11.8 Å².